The summed E-state index contributed by atoms with van der Waals surface area (Å²) >= 11 is 0. The van der Waals surface area contributed by atoms with Gasteiger partial charge in [0.15, 0.2) is 0 Å². The average Bonchev–Trinajstić information content (AvgIpc) is 2.98. The van der Waals surface area contributed by atoms with Crippen LogP contribution in [-0.2, 0) is 29.4 Å². The summed E-state index contributed by atoms with van der Waals surface area (Å²) < 4.78 is 24.7. The Morgan fingerprint density at radius 3 is 2.31 bits per heavy atom. The molecular weight excluding hydrogens is 386 g/mol. The van der Waals surface area contributed by atoms with Gasteiger partial charge in [-0.3, -0.25) is 4.79 Å². The second-order valence-corrected chi connectivity index (χ2v) is 8.68. The summed E-state index contributed by atoms with van der Waals surface area (Å²) in [4.78, 5) is 13.0. The number of hydrogen-bond acceptors (Lipinski definition) is 3. The van der Waals surface area contributed by atoms with Gasteiger partial charge >= 0.3 is 0 Å². The van der Waals surface area contributed by atoms with E-state index in [0.717, 1.165) is 28.5 Å². The lowest BCUT2D eigenvalue weighted by Gasteiger charge is -2.10. The maximum absolute atomic E-state index is 12.9. The number of primary sulfonamides is 1. The SMILES string of the molecule is CCc1ccc2c(c1)c(C)c(C(=O)NCCc1ccc(S(N)(=O)=O)cc1)n2CC. The molecular formula is C22H27N3O3S. The number of nitrogens with one attached hydrogen (secondary N) is 1. The molecule has 0 radical (unpaired) electrons. The Labute approximate surface area is 171 Å². The van der Waals surface area contributed by atoms with Crippen molar-refractivity contribution in [3.63, 3.8) is 0 Å². The van der Waals surface area contributed by atoms with E-state index in [9.17, 15) is 13.2 Å². The summed E-state index contributed by atoms with van der Waals surface area (Å²) in [6.45, 7) is 7.33. The van der Waals surface area contributed by atoms with Gasteiger partial charge in [0.05, 0.1) is 4.90 Å². The van der Waals surface area contributed by atoms with Crippen molar-refractivity contribution in [1.82, 2.24) is 9.88 Å². The maximum atomic E-state index is 12.9. The zero-order valence-corrected chi connectivity index (χ0v) is 17.8. The molecule has 0 bridgehead atoms. The molecule has 3 aromatic rings. The van der Waals surface area contributed by atoms with Gasteiger partial charge in [0.25, 0.3) is 5.91 Å². The predicted molar refractivity (Wildman–Crippen MR) is 116 cm³/mol. The molecule has 0 unspecified atom stereocenters. The minimum atomic E-state index is -3.69. The Hall–Kier alpha value is -2.64. The van der Waals surface area contributed by atoms with Gasteiger partial charge < -0.3 is 9.88 Å². The normalized spacial score (nSPS) is 11.7. The minimum Gasteiger partial charge on any atom is -0.350 e. The van der Waals surface area contributed by atoms with Gasteiger partial charge in [-0.1, -0.05) is 25.1 Å². The smallest absolute Gasteiger partial charge is 0.268 e. The van der Waals surface area contributed by atoms with Crippen LogP contribution in [0.2, 0.25) is 0 Å². The highest BCUT2D eigenvalue weighted by Crippen LogP contribution is 2.27. The second-order valence-electron chi connectivity index (χ2n) is 7.12. The molecule has 2 aromatic carbocycles. The largest absolute Gasteiger partial charge is 0.350 e. The van der Waals surface area contributed by atoms with Gasteiger partial charge in [0.1, 0.15) is 5.69 Å². The van der Waals surface area contributed by atoms with Crippen molar-refractivity contribution in [1.29, 1.82) is 0 Å². The standard InChI is InChI=1S/C22H27N3O3S/c1-4-16-8-11-20-19(14-16)15(3)21(25(20)5-2)22(26)24-13-12-17-6-9-18(10-7-17)29(23,27)28/h6-11,14H,4-5,12-13H2,1-3H3,(H,24,26)(H2,23,27,28). The van der Waals surface area contributed by atoms with Crippen LogP contribution in [0.1, 0.15) is 41.0 Å². The van der Waals surface area contributed by atoms with E-state index in [4.69, 9.17) is 5.14 Å². The van der Waals surface area contributed by atoms with Gasteiger partial charge in [-0.15, -0.1) is 0 Å². The summed E-state index contributed by atoms with van der Waals surface area (Å²) in [6, 6.07) is 12.8. The number of carbonyl (C=O) groups excluding carboxylic acids is 1. The van der Waals surface area contributed by atoms with Crippen LogP contribution in [0, 0.1) is 6.92 Å². The molecule has 1 heterocycles. The number of nitrogens with zero attached hydrogens (tertiary/aromatic N) is 1. The monoisotopic (exact) mass is 413 g/mol. The van der Waals surface area contributed by atoms with E-state index in [0.29, 0.717) is 25.2 Å². The van der Waals surface area contributed by atoms with Crippen LogP contribution in [-0.4, -0.2) is 25.4 Å². The average molecular weight is 414 g/mol. The van der Waals surface area contributed by atoms with Crippen LogP contribution in [0.15, 0.2) is 47.4 Å². The van der Waals surface area contributed by atoms with Crippen molar-refractivity contribution in [2.45, 2.75) is 45.1 Å². The van der Waals surface area contributed by atoms with E-state index in [1.807, 2.05) is 13.8 Å². The van der Waals surface area contributed by atoms with Crippen LogP contribution in [0.5, 0.6) is 0 Å². The number of sulfonamides is 1. The summed E-state index contributed by atoms with van der Waals surface area (Å²) in [6.07, 6.45) is 1.56. The highest BCUT2D eigenvalue weighted by atomic mass is 32.2. The number of aryl methyl sites for hydroxylation is 3. The number of benzene rings is 2. The molecule has 0 aliphatic carbocycles. The molecule has 0 aliphatic heterocycles. The number of rotatable bonds is 7. The Balaban J connectivity index is 1.75. The maximum Gasteiger partial charge on any atom is 0.268 e. The van der Waals surface area contributed by atoms with E-state index in [1.54, 1.807) is 12.1 Å². The van der Waals surface area contributed by atoms with Crippen LogP contribution in [0.4, 0.5) is 0 Å². The first-order chi connectivity index (χ1) is 13.8. The molecule has 0 spiro atoms. The molecule has 0 fully saturated rings. The third kappa shape index (κ3) is 4.36. The van der Waals surface area contributed by atoms with E-state index in [1.165, 1.54) is 17.7 Å². The molecule has 29 heavy (non-hydrogen) atoms. The number of fused-ring (bicyclic) bond motifs is 1. The molecule has 154 valence electrons. The van der Waals surface area contributed by atoms with E-state index >= 15 is 0 Å². The fourth-order valence-electron chi connectivity index (χ4n) is 3.66. The van der Waals surface area contributed by atoms with E-state index in [-0.39, 0.29) is 10.8 Å². The fraction of sp³-hybridized carbons (Fsp3) is 0.318. The Morgan fingerprint density at radius 1 is 1.07 bits per heavy atom. The molecule has 3 N–H and O–H groups in total. The Bertz CT molecular complexity index is 1150. The third-order valence-corrected chi connectivity index (χ3v) is 6.20. The van der Waals surface area contributed by atoms with E-state index in [2.05, 4.69) is 35.0 Å². The molecule has 3 rings (SSSR count). The number of hydrogen-bond donors (Lipinski definition) is 2. The quantitative estimate of drug-likeness (QED) is 0.623. The third-order valence-electron chi connectivity index (χ3n) is 5.27. The lowest BCUT2D eigenvalue weighted by atomic mass is 10.1. The number of amides is 1. The molecule has 6 nitrogen and oxygen atoms in total. The van der Waals surface area contributed by atoms with E-state index < -0.39 is 10.0 Å². The van der Waals surface area contributed by atoms with Crippen molar-refractivity contribution < 1.29 is 13.2 Å². The summed E-state index contributed by atoms with van der Waals surface area (Å²) in [5.41, 5.74) is 4.94. The Kier molecular flexibility index (Phi) is 6.10. The highest BCUT2D eigenvalue weighted by Gasteiger charge is 2.19. The van der Waals surface area contributed by atoms with Crippen molar-refractivity contribution in [2.24, 2.45) is 5.14 Å². The number of nitrogens with two attached hydrogens (primary N) is 1. The van der Waals surface area contributed by atoms with Gasteiger partial charge in [-0.05, 0) is 67.6 Å². The summed E-state index contributed by atoms with van der Waals surface area (Å²) in [5, 5.41) is 9.23. The van der Waals surface area contributed by atoms with Crippen LogP contribution < -0.4 is 10.5 Å². The number of aromatic nitrogens is 1. The fourth-order valence-corrected chi connectivity index (χ4v) is 4.18. The second kappa shape index (κ2) is 8.39. The molecule has 0 saturated heterocycles. The first kappa shape index (κ1) is 21.1. The molecule has 1 amide bonds. The molecule has 0 aliphatic rings. The first-order valence-electron chi connectivity index (χ1n) is 9.78. The van der Waals surface area contributed by atoms with Crippen molar-refractivity contribution in [3.05, 3.63) is 64.8 Å². The Morgan fingerprint density at radius 2 is 1.72 bits per heavy atom. The van der Waals surface area contributed by atoms with Gasteiger partial charge in [0.2, 0.25) is 10.0 Å². The summed E-state index contributed by atoms with van der Waals surface area (Å²) in [5.74, 6) is -0.0974. The topological polar surface area (TPSA) is 94.2 Å². The molecule has 7 heteroatoms. The molecule has 0 atom stereocenters. The van der Waals surface area contributed by atoms with Crippen molar-refractivity contribution >= 4 is 26.8 Å². The first-order valence-corrected chi connectivity index (χ1v) is 11.3. The number of carbonyl (C=O) groups is 1. The van der Waals surface area contributed by atoms with Crippen LogP contribution in [0.3, 0.4) is 0 Å². The molecule has 1 aromatic heterocycles. The van der Waals surface area contributed by atoms with Crippen molar-refractivity contribution in [3.8, 4) is 0 Å². The molecule has 0 saturated carbocycles. The van der Waals surface area contributed by atoms with Gasteiger partial charge in [-0.2, -0.15) is 0 Å². The highest BCUT2D eigenvalue weighted by molar-refractivity contribution is 7.89. The zero-order valence-electron chi connectivity index (χ0n) is 17.0. The van der Waals surface area contributed by atoms with Gasteiger partial charge in [-0.25, -0.2) is 13.6 Å². The minimum absolute atomic E-state index is 0.0832. The summed E-state index contributed by atoms with van der Waals surface area (Å²) in [7, 11) is -3.69. The van der Waals surface area contributed by atoms with Crippen LogP contribution in [0.25, 0.3) is 10.9 Å². The lowest BCUT2D eigenvalue weighted by molar-refractivity contribution is 0.0945. The zero-order chi connectivity index (χ0) is 21.2. The lowest BCUT2D eigenvalue weighted by Crippen LogP contribution is -2.28. The predicted octanol–water partition coefficient (Wildman–Crippen LogP) is 3.15. The van der Waals surface area contributed by atoms with Gasteiger partial charge in [0, 0.05) is 24.0 Å². The van der Waals surface area contributed by atoms with Crippen molar-refractivity contribution in [2.75, 3.05) is 6.54 Å². The van der Waals surface area contributed by atoms with Crippen LogP contribution >= 0.6 is 0 Å².